The Morgan fingerprint density at radius 1 is 1.41 bits per heavy atom. The SMILES string of the molecule is CN(C)CP(=O)([O-])C(O)c1ccc(F)cc1.[Na+]. The standard InChI is InChI=1S/C10H15FNO3P.Na/c1-12(2)7-16(14,15)10(13)8-3-5-9(11)6-4-8;/h3-6,10,13H,7H2,1-2H3,(H,14,15);/q;+1/p-1. The third-order valence-electron chi connectivity index (χ3n) is 2.02. The molecule has 4 nitrogen and oxygen atoms in total. The quantitative estimate of drug-likeness (QED) is 0.506. The molecule has 0 fully saturated rings. The first-order chi connectivity index (χ1) is 7.33. The Morgan fingerprint density at radius 2 is 1.88 bits per heavy atom. The van der Waals surface area contributed by atoms with Crippen molar-refractivity contribution in [1.29, 1.82) is 0 Å². The largest absolute Gasteiger partial charge is 1.00 e. The van der Waals surface area contributed by atoms with Crippen LogP contribution in [0, 0.1) is 5.82 Å². The van der Waals surface area contributed by atoms with Crippen molar-refractivity contribution < 1.29 is 48.5 Å². The maximum atomic E-state index is 12.6. The number of nitrogens with zero attached hydrogens (tertiary/aromatic N) is 1. The second-order valence-electron chi connectivity index (χ2n) is 3.87. The van der Waals surface area contributed by atoms with Crippen molar-refractivity contribution in [3.8, 4) is 0 Å². The van der Waals surface area contributed by atoms with Crippen molar-refractivity contribution in [3.63, 3.8) is 0 Å². The molecule has 1 aromatic carbocycles. The van der Waals surface area contributed by atoms with Crippen LogP contribution < -0.4 is 34.5 Å². The normalized spacial score (nSPS) is 16.1. The fourth-order valence-electron chi connectivity index (χ4n) is 1.33. The second kappa shape index (κ2) is 7.00. The van der Waals surface area contributed by atoms with E-state index in [0.29, 0.717) is 0 Å². The molecule has 1 N–H and O–H groups in total. The van der Waals surface area contributed by atoms with Gasteiger partial charge in [-0.25, -0.2) is 4.39 Å². The van der Waals surface area contributed by atoms with Gasteiger partial charge in [-0.2, -0.15) is 0 Å². The van der Waals surface area contributed by atoms with Gasteiger partial charge in [-0.1, -0.05) is 12.1 Å². The molecule has 0 bridgehead atoms. The molecule has 0 aliphatic heterocycles. The van der Waals surface area contributed by atoms with Gasteiger partial charge in [0.05, 0.1) is 7.37 Å². The molecule has 1 aromatic rings. The number of benzene rings is 1. The van der Waals surface area contributed by atoms with E-state index in [0.717, 1.165) is 12.1 Å². The molecular formula is C10H14FNNaO3P. The van der Waals surface area contributed by atoms with E-state index in [9.17, 15) is 19.0 Å². The van der Waals surface area contributed by atoms with Crippen molar-refractivity contribution in [1.82, 2.24) is 4.90 Å². The molecule has 2 unspecified atom stereocenters. The Bertz CT molecular complexity index is 399. The maximum Gasteiger partial charge on any atom is 1.00 e. The van der Waals surface area contributed by atoms with Crippen LogP contribution >= 0.6 is 7.37 Å². The van der Waals surface area contributed by atoms with Crippen LogP contribution in [0.5, 0.6) is 0 Å². The van der Waals surface area contributed by atoms with Crippen molar-refractivity contribution in [2.75, 3.05) is 20.4 Å². The van der Waals surface area contributed by atoms with Crippen LogP contribution in [0.1, 0.15) is 11.4 Å². The molecule has 0 aromatic heterocycles. The fraction of sp³-hybridized carbons (Fsp3) is 0.400. The summed E-state index contributed by atoms with van der Waals surface area (Å²) in [6.07, 6.45) is -0.231. The summed E-state index contributed by atoms with van der Waals surface area (Å²) in [6.45, 7) is 0. The summed E-state index contributed by atoms with van der Waals surface area (Å²) in [5.74, 6) is -2.06. The molecule has 1 rings (SSSR count). The molecule has 7 heteroatoms. The molecular weight excluding hydrogens is 255 g/mol. The smallest absolute Gasteiger partial charge is 0.796 e. The Labute approximate surface area is 122 Å². The number of halogens is 1. The molecule has 0 spiro atoms. The number of rotatable bonds is 4. The maximum absolute atomic E-state index is 12.6. The second-order valence-corrected chi connectivity index (χ2v) is 6.10. The van der Waals surface area contributed by atoms with Crippen LogP contribution in [0.25, 0.3) is 0 Å². The predicted molar refractivity (Wildman–Crippen MR) is 57.5 cm³/mol. The van der Waals surface area contributed by atoms with Gasteiger partial charge >= 0.3 is 29.6 Å². The minimum absolute atomic E-state index is 0. The minimum atomic E-state index is -3.97. The van der Waals surface area contributed by atoms with Crippen LogP contribution in [0.3, 0.4) is 0 Å². The predicted octanol–water partition coefficient (Wildman–Crippen LogP) is -2.02. The first kappa shape index (κ1) is 17.3. The Hall–Kier alpha value is 0.260. The topological polar surface area (TPSA) is 63.6 Å². The van der Waals surface area contributed by atoms with Gasteiger partial charge in [0.25, 0.3) is 0 Å². The van der Waals surface area contributed by atoms with Crippen LogP contribution in [0.2, 0.25) is 0 Å². The van der Waals surface area contributed by atoms with Crippen molar-refractivity contribution >= 4 is 7.37 Å². The Morgan fingerprint density at radius 3 is 2.29 bits per heavy atom. The van der Waals surface area contributed by atoms with Crippen molar-refractivity contribution in [2.24, 2.45) is 0 Å². The van der Waals surface area contributed by atoms with Gasteiger partial charge < -0.3 is 19.5 Å². The van der Waals surface area contributed by atoms with Gasteiger partial charge in [-0.15, -0.1) is 0 Å². The summed E-state index contributed by atoms with van der Waals surface area (Å²) in [6, 6.07) is 4.77. The molecule has 0 amide bonds. The summed E-state index contributed by atoms with van der Waals surface area (Å²) < 4.78 is 24.3. The molecule has 0 radical (unpaired) electrons. The number of aliphatic hydroxyl groups excluding tert-OH is 1. The van der Waals surface area contributed by atoms with Gasteiger partial charge in [0.15, 0.2) is 0 Å². The van der Waals surface area contributed by atoms with Crippen molar-refractivity contribution in [2.45, 2.75) is 5.85 Å². The van der Waals surface area contributed by atoms with Crippen LogP contribution in [-0.4, -0.2) is 30.4 Å². The van der Waals surface area contributed by atoms with Gasteiger partial charge in [-0.05, 0) is 31.8 Å². The number of hydrogen-bond donors (Lipinski definition) is 1. The average Bonchev–Trinajstić information content (AvgIpc) is 2.16. The number of hydrogen-bond acceptors (Lipinski definition) is 4. The average molecular weight is 269 g/mol. The summed E-state index contributed by atoms with van der Waals surface area (Å²) in [5, 5.41) is 9.66. The monoisotopic (exact) mass is 269 g/mol. The third kappa shape index (κ3) is 5.18. The Balaban J connectivity index is 0.00000256. The minimum Gasteiger partial charge on any atom is -0.796 e. The first-order valence-electron chi connectivity index (χ1n) is 4.71. The zero-order valence-corrected chi connectivity index (χ0v) is 13.0. The van der Waals surface area contributed by atoms with Gasteiger partial charge in [0, 0.05) is 6.29 Å². The summed E-state index contributed by atoms with van der Waals surface area (Å²) >= 11 is 0. The van der Waals surface area contributed by atoms with Gasteiger partial charge in [-0.3, -0.25) is 0 Å². The van der Waals surface area contributed by atoms with Gasteiger partial charge in [0.1, 0.15) is 11.7 Å². The molecule has 2 atom stereocenters. The van der Waals surface area contributed by atoms with E-state index in [4.69, 9.17) is 0 Å². The van der Waals surface area contributed by atoms with E-state index < -0.39 is 19.0 Å². The summed E-state index contributed by atoms with van der Waals surface area (Å²) in [4.78, 5) is 13.1. The zero-order chi connectivity index (χ0) is 12.3. The van der Waals surface area contributed by atoms with Gasteiger partial charge in [0.2, 0.25) is 0 Å². The summed E-state index contributed by atoms with van der Waals surface area (Å²) in [7, 11) is -0.769. The zero-order valence-electron chi connectivity index (χ0n) is 10.1. The van der Waals surface area contributed by atoms with Crippen LogP contribution in [-0.2, 0) is 4.57 Å². The summed E-state index contributed by atoms with van der Waals surface area (Å²) in [5.41, 5.74) is 0.182. The van der Waals surface area contributed by atoms with E-state index in [2.05, 4.69) is 0 Å². The van der Waals surface area contributed by atoms with Crippen LogP contribution in [0.4, 0.5) is 4.39 Å². The van der Waals surface area contributed by atoms with E-state index in [-0.39, 0.29) is 41.4 Å². The third-order valence-corrected chi connectivity index (χ3v) is 4.02. The molecule has 0 saturated heterocycles. The molecule has 0 aliphatic carbocycles. The fourth-order valence-corrected chi connectivity index (χ4v) is 2.90. The molecule has 0 aliphatic rings. The van der Waals surface area contributed by atoms with E-state index >= 15 is 0 Å². The van der Waals surface area contributed by atoms with Crippen molar-refractivity contribution in [3.05, 3.63) is 35.6 Å². The first-order valence-corrected chi connectivity index (χ1v) is 6.59. The van der Waals surface area contributed by atoms with Crippen LogP contribution in [0.15, 0.2) is 24.3 Å². The van der Waals surface area contributed by atoms with E-state index in [1.165, 1.54) is 17.0 Å². The molecule has 90 valence electrons. The molecule has 0 saturated carbocycles. The van der Waals surface area contributed by atoms with E-state index in [1.807, 2.05) is 0 Å². The number of aliphatic hydroxyl groups is 1. The van der Waals surface area contributed by atoms with E-state index in [1.54, 1.807) is 14.1 Å². The Kier molecular flexibility index (Phi) is 7.11. The molecule has 0 heterocycles. The molecule has 17 heavy (non-hydrogen) atoms.